The van der Waals surface area contributed by atoms with Gasteiger partial charge in [0.1, 0.15) is 0 Å². The highest BCUT2D eigenvalue weighted by Gasteiger charge is 2.35. The summed E-state index contributed by atoms with van der Waals surface area (Å²) in [5, 5.41) is 3.30. The second-order valence-corrected chi connectivity index (χ2v) is 9.12. The number of thiophene rings is 1. The smallest absolute Gasteiger partial charge is 0.261 e. The number of piperidine rings is 3. The van der Waals surface area contributed by atoms with Crippen molar-refractivity contribution in [2.45, 2.75) is 18.9 Å². The number of anilines is 1. The molecule has 1 aromatic carbocycles. The monoisotopic (exact) mass is 397 g/mol. The second kappa shape index (κ2) is 7.85. The number of nitrogens with one attached hydrogen (secondary N) is 1. The van der Waals surface area contributed by atoms with E-state index in [0.29, 0.717) is 12.0 Å². The predicted octanol–water partition coefficient (Wildman–Crippen LogP) is 3.08. The molecule has 1 N–H and O–H groups in total. The average molecular weight is 398 g/mol. The topological polar surface area (TPSA) is 44.8 Å². The molecule has 1 atom stereocenters. The second-order valence-electron chi connectivity index (χ2n) is 8.03. The van der Waals surface area contributed by atoms with Crippen LogP contribution in [0.1, 0.15) is 22.5 Å². The fraction of sp³-hybridized carbons (Fsp3) is 0.500. The molecule has 1 aromatic heterocycles. The van der Waals surface area contributed by atoms with Crippen LogP contribution in [-0.4, -0.2) is 62.8 Å². The van der Waals surface area contributed by atoms with Gasteiger partial charge >= 0.3 is 0 Å². The van der Waals surface area contributed by atoms with Gasteiger partial charge < -0.3 is 19.9 Å². The molecule has 6 heteroatoms. The molecule has 0 spiro atoms. The molecular weight excluding hydrogens is 370 g/mol. The van der Waals surface area contributed by atoms with Crippen LogP contribution >= 0.6 is 11.3 Å². The van der Waals surface area contributed by atoms with Gasteiger partial charge in [0.15, 0.2) is 0 Å². The van der Waals surface area contributed by atoms with E-state index in [0.717, 1.165) is 42.6 Å². The zero-order chi connectivity index (χ0) is 18.9. The van der Waals surface area contributed by atoms with Crippen LogP contribution in [0.25, 0.3) is 10.4 Å². The fourth-order valence-electron chi connectivity index (χ4n) is 4.66. The normalized spacial score (nSPS) is 27.0. The van der Waals surface area contributed by atoms with Crippen LogP contribution in [0.2, 0.25) is 0 Å². The van der Waals surface area contributed by atoms with Crippen molar-refractivity contribution in [3.05, 3.63) is 41.3 Å². The van der Waals surface area contributed by atoms with Crippen LogP contribution in [-0.2, 0) is 4.74 Å². The van der Waals surface area contributed by atoms with E-state index in [1.807, 2.05) is 6.07 Å². The minimum Gasteiger partial charge on any atom is -0.378 e. The van der Waals surface area contributed by atoms with Gasteiger partial charge in [-0.3, -0.25) is 4.79 Å². The molecule has 4 saturated heterocycles. The van der Waals surface area contributed by atoms with Gasteiger partial charge in [-0.1, -0.05) is 12.1 Å². The van der Waals surface area contributed by atoms with E-state index >= 15 is 0 Å². The standard InChI is InChI=1S/C22H27N3O2S/c26-22(23-19-15-24-8-6-16(19)7-9-24)21-5-4-20(28-21)17-2-1-3-18(14-17)25-10-12-27-13-11-25/h1-5,14,16,19H,6-13,15H2,(H,23,26)/t19-/m0/s1. The Bertz CT molecular complexity index is 838. The lowest BCUT2D eigenvalue weighted by Crippen LogP contribution is -2.57. The summed E-state index contributed by atoms with van der Waals surface area (Å²) < 4.78 is 5.46. The van der Waals surface area contributed by atoms with Crippen molar-refractivity contribution in [2.75, 3.05) is 50.8 Å². The first-order valence-electron chi connectivity index (χ1n) is 10.3. The van der Waals surface area contributed by atoms with E-state index < -0.39 is 0 Å². The van der Waals surface area contributed by atoms with E-state index in [1.165, 1.54) is 37.2 Å². The Morgan fingerprint density at radius 1 is 1.07 bits per heavy atom. The van der Waals surface area contributed by atoms with E-state index in [2.05, 4.69) is 45.4 Å². The Labute approximate surface area is 170 Å². The molecule has 0 aliphatic carbocycles. The van der Waals surface area contributed by atoms with Crippen molar-refractivity contribution in [3.63, 3.8) is 0 Å². The lowest BCUT2D eigenvalue weighted by atomic mass is 9.84. The first-order chi connectivity index (χ1) is 13.8. The van der Waals surface area contributed by atoms with E-state index in [9.17, 15) is 4.79 Å². The Morgan fingerprint density at radius 2 is 1.89 bits per heavy atom. The average Bonchev–Trinajstić information content (AvgIpc) is 3.26. The van der Waals surface area contributed by atoms with Gasteiger partial charge in [0.25, 0.3) is 5.91 Å². The molecule has 1 amide bonds. The number of ether oxygens (including phenoxy) is 1. The van der Waals surface area contributed by atoms with Crippen LogP contribution in [0.5, 0.6) is 0 Å². The fourth-order valence-corrected chi connectivity index (χ4v) is 5.57. The number of amides is 1. The largest absolute Gasteiger partial charge is 0.378 e. The molecule has 148 valence electrons. The molecular formula is C22H27N3O2S. The van der Waals surface area contributed by atoms with E-state index in [1.54, 1.807) is 11.3 Å². The Balaban J connectivity index is 1.28. The molecule has 6 rings (SSSR count). The maximum atomic E-state index is 12.8. The van der Waals surface area contributed by atoms with Crippen LogP contribution in [0.3, 0.4) is 0 Å². The minimum atomic E-state index is 0.0827. The van der Waals surface area contributed by atoms with Crippen LogP contribution in [0.15, 0.2) is 36.4 Å². The molecule has 5 nitrogen and oxygen atoms in total. The van der Waals surface area contributed by atoms with Gasteiger partial charge in [0, 0.05) is 36.2 Å². The number of benzene rings is 1. The first-order valence-corrected chi connectivity index (χ1v) is 11.1. The summed E-state index contributed by atoms with van der Waals surface area (Å²) in [6, 6.07) is 13.0. The third-order valence-corrected chi connectivity index (χ3v) is 7.44. The van der Waals surface area contributed by atoms with Crippen LogP contribution in [0, 0.1) is 5.92 Å². The van der Waals surface area contributed by atoms with E-state index in [4.69, 9.17) is 4.74 Å². The number of carbonyl (C=O) groups excluding carboxylic acids is 1. The Kier molecular flexibility index (Phi) is 5.09. The third kappa shape index (κ3) is 3.69. The van der Waals surface area contributed by atoms with Crippen LogP contribution in [0.4, 0.5) is 5.69 Å². The lowest BCUT2D eigenvalue weighted by Gasteiger charge is -2.44. The number of carbonyl (C=O) groups is 1. The molecule has 28 heavy (non-hydrogen) atoms. The number of hydrogen-bond donors (Lipinski definition) is 1. The van der Waals surface area contributed by atoms with Gasteiger partial charge in [-0.2, -0.15) is 0 Å². The van der Waals surface area contributed by atoms with Gasteiger partial charge in [-0.25, -0.2) is 0 Å². The van der Waals surface area contributed by atoms with Gasteiger partial charge in [0.2, 0.25) is 0 Å². The summed E-state index contributed by atoms with van der Waals surface area (Å²) in [6.07, 6.45) is 2.43. The molecule has 4 aliphatic rings. The third-order valence-electron chi connectivity index (χ3n) is 6.31. The Hall–Kier alpha value is -1.89. The highest BCUT2D eigenvalue weighted by molar-refractivity contribution is 7.17. The SMILES string of the molecule is O=C(N[C@H]1CN2CCC1CC2)c1ccc(-c2cccc(N3CCOCC3)c2)s1. The number of morpholine rings is 1. The predicted molar refractivity (Wildman–Crippen MR) is 113 cm³/mol. The first kappa shape index (κ1) is 18.2. The van der Waals surface area contributed by atoms with Crippen molar-refractivity contribution in [1.29, 1.82) is 0 Å². The Morgan fingerprint density at radius 3 is 2.64 bits per heavy atom. The summed E-state index contributed by atoms with van der Waals surface area (Å²) in [7, 11) is 0. The lowest BCUT2D eigenvalue weighted by molar-refractivity contribution is 0.0622. The number of fused-ring (bicyclic) bond motifs is 3. The van der Waals surface area contributed by atoms with Crippen molar-refractivity contribution < 1.29 is 9.53 Å². The molecule has 4 aliphatic heterocycles. The highest BCUT2D eigenvalue weighted by Crippen LogP contribution is 2.32. The summed E-state index contributed by atoms with van der Waals surface area (Å²) in [5.41, 5.74) is 2.41. The molecule has 2 bridgehead atoms. The molecule has 4 fully saturated rings. The van der Waals surface area contributed by atoms with Gasteiger partial charge in [0.05, 0.1) is 18.1 Å². The molecule has 2 aromatic rings. The minimum absolute atomic E-state index is 0.0827. The summed E-state index contributed by atoms with van der Waals surface area (Å²) in [6.45, 7) is 6.83. The van der Waals surface area contributed by atoms with E-state index in [-0.39, 0.29) is 5.91 Å². The quantitative estimate of drug-likeness (QED) is 0.861. The maximum absolute atomic E-state index is 12.8. The molecule has 0 saturated carbocycles. The molecule has 0 radical (unpaired) electrons. The number of hydrogen-bond acceptors (Lipinski definition) is 5. The summed E-state index contributed by atoms with van der Waals surface area (Å²) >= 11 is 1.59. The summed E-state index contributed by atoms with van der Waals surface area (Å²) in [5.74, 6) is 0.734. The maximum Gasteiger partial charge on any atom is 0.261 e. The van der Waals surface area contributed by atoms with Gasteiger partial charge in [-0.05, 0) is 61.7 Å². The number of nitrogens with zero attached hydrogens (tertiary/aromatic N) is 2. The van der Waals surface area contributed by atoms with Crippen molar-refractivity contribution in [1.82, 2.24) is 10.2 Å². The molecule has 5 heterocycles. The zero-order valence-electron chi connectivity index (χ0n) is 16.1. The van der Waals surface area contributed by atoms with Gasteiger partial charge in [-0.15, -0.1) is 11.3 Å². The molecule has 0 unspecified atom stereocenters. The number of rotatable bonds is 4. The van der Waals surface area contributed by atoms with Crippen molar-refractivity contribution >= 4 is 22.9 Å². The van der Waals surface area contributed by atoms with Crippen molar-refractivity contribution in [2.24, 2.45) is 5.92 Å². The van der Waals surface area contributed by atoms with Crippen molar-refractivity contribution in [3.8, 4) is 10.4 Å². The zero-order valence-corrected chi connectivity index (χ0v) is 16.9. The summed E-state index contributed by atoms with van der Waals surface area (Å²) in [4.78, 5) is 19.6. The van der Waals surface area contributed by atoms with Crippen LogP contribution < -0.4 is 10.2 Å². The highest BCUT2D eigenvalue weighted by atomic mass is 32.1.